The molecule has 0 radical (unpaired) electrons. The number of hydrogen-bond acceptors (Lipinski definition) is 2. The standard InChI is InChI=1S/C12H11ClN2/c13-10-6-8-2-1-5-14-11(8)7-12(10)15-9-3-4-9/h1-2,5-7,9,15H,3-4H2. The lowest BCUT2D eigenvalue weighted by atomic mass is 10.2. The summed E-state index contributed by atoms with van der Waals surface area (Å²) in [5, 5.41) is 5.27. The minimum absolute atomic E-state index is 0.615. The van der Waals surface area contributed by atoms with Crippen molar-refractivity contribution in [2.75, 3.05) is 5.32 Å². The van der Waals surface area contributed by atoms with Crippen LogP contribution in [-0.2, 0) is 0 Å². The van der Waals surface area contributed by atoms with Crippen LogP contribution in [0.15, 0.2) is 30.5 Å². The highest BCUT2D eigenvalue weighted by Gasteiger charge is 2.21. The van der Waals surface area contributed by atoms with Gasteiger partial charge in [-0.05, 0) is 31.0 Å². The van der Waals surface area contributed by atoms with Crippen LogP contribution in [0.5, 0.6) is 0 Å². The van der Waals surface area contributed by atoms with Crippen LogP contribution in [0.1, 0.15) is 12.8 Å². The Morgan fingerprint density at radius 1 is 1.33 bits per heavy atom. The summed E-state index contributed by atoms with van der Waals surface area (Å²) in [6, 6.07) is 8.55. The van der Waals surface area contributed by atoms with E-state index < -0.39 is 0 Å². The molecule has 0 unspecified atom stereocenters. The average molecular weight is 219 g/mol. The number of pyridine rings is 1. The zero-order valence-electron chi connectivity index (χ0n) is 8.20. The van der Waals surface area contributed by atoms with Gasteiger partial charge in [0.1, 0.15) is 0 Å². The van der Waals surface area contributed by atoms with E-state index in [4.69, 9.17) is 11.6 Å². The van der Waals surface area contributed by atoms with Gasteiger partial charge in [-0.25, -0.2) is 0 Å². The van der Waals surface area contributed by atoms with Gasteiger partial charge in [-0.3, -0.25) is 4.98 Å². The molecular weight excluding hydrogens is 208 g/mol. The number of nitrogens with zero attached hydrogens (tertiary/aromatic N) is 1. The summed E-state index contributed by atoms with van der Waals surface area (Å²) in [4.78, 5) is 4.31. The number of hydrogen-bond donors (Lipinski definition) is 1. The first-order valence-corrected chi connectivity index (χ1v) is 5.51. The van der Waals surface area contributed by atoms with Gasteiger partial charge in [0, 0.05) is 17.6 Å². The maximum atomic E-state index is 6.18. The van der Waals surface area contributed by atoms with Crippen molar-refractivity contribution in [3.05, 3.63) is 35.5 Å². The van der Waals surface area contributed by atoms with Crippen LogP contribution in [0.4, 0.5) is 5.69 Å². The molecule has 1 aliphatic carbocycles. The first-order chi connectivity index (χ1) is 7.33. The molecule has 0 saturated heterocycles. The third kappa shape index (κ3) is 1.77. The largest absolute Gasteiger partial charge is 0.381 e. The predicted molar refractivity (Wildman–Crippen MR) is 63.4 cm³/mol. The molecule has 0 atom stereocenters. The molecular formula is C12H11ClN2. The van der Waals surface area contributed by atoms with E-state index in [1.54, 1.807) is 6.20 Å². The lowest BCUT2D eigenvalue weighted by molar-refractivity contribution is 1.16. The van der Waals surface area contributed by atoms with Crippen molar-refractivity contribution in [1.82, 2.24) is 4.98 Å². The first kappa shape index (κ1) is 8.98. The van der Waals surface area contributed by atoms with Crippen LogP contribution in [-0.4, -0.2) is 11.0 Å². The van der Waals surface area contributed by atoms with E-state index in [1.165, 1.54) is 12.8 Å². The lowest BCUT2D eigenvalue weighted by Crippen LogP contribution is -2.01. The minimum Gasteiger partial charge on any atom is -0.381 e. The van der Waals surface area contributed by atoms with Crippen LogP contribution in [0.25, 0.3) is 10.9 Å². The Kier molecular flexibility index (Phi) is 2.03. The second-order valence-electron chi connectivity index (χ2n) is 3.95. The number of rotatable bonds is 2. The molecule has 15 heavy (non-hydrogen) atoms. The fourth-order valence-corrected chi connectivity index (χ4v) is 1.88. The van der Waals surface area contributed by atoms with Gasteiger partial charge in [0.25, 0.3) is 0 Å². The van der Waals surface area contributed by atoms with Crippen LogP contribution in [0, 0.1) is 0 Å². The van der Waals surface area contributed by atoms with Gasteiger partial charge in [-0.2, -0.15) is 0 Å². The fraction of sp³-hybridized carbons (Fsp3) is 0.250. The molecule has 1 fully saturated rings. The Bertz CT molecular complexity index is 506. The van der Waals surface area contributed by atoms with E-state index in [2.05, 4.69) is 10.3 Å². The Morgan fingerprint density at radius 3 is 3.00 bits per heavy atom. The van der Waals surface area contributed by atoms with E-state index in [0.29, 0.717) is 6.04 Å². The lowest BCUT2D eigenvalue weighted by Gasteiger charge is -2.08. The zero-order valence-corrected chi connectivity index (χ0v) is 8.96. The summed E-state index contributed by atoms with van der Waals surface area (Å²) in [6.45, 7) is 0. The molecule has 1 aliphatic rings. The summed E-state index contributed by atoms with van der Waals surface area (Å²) in [6.07, 6.45) is 4.30. The summed E-state index contributed by atoms with van der Waals surface area (Å²) < 4.78 is 0. The average Bonchev–Trinajstić information content (AvgIpc) is 3.03. The zero-order chi connectivity index (χ0) is 10.3. The monoisotopic (exact) mass is 218 g/mol. The molecule has 1 aromatic carbocycles. The molecule has 0 bridgehead atoms. The van der Waals surface area contributed by atoms with E-state index >= 15 is 0 Å². The third-order valence-electron chi connectivity index (χ3n) is 2.63. The van der Waals surface area contributed by atoms with Crippen molar-refractivity contribution in [3.63, 3.8) is 0 Å². The maximum Gasteiger partial charge on any atom is 0.0723 e. The Morgan fingerprint density at radius 2 is 2.20 bits per heavy atom. The molecule has 1 aromatic heterocycles. The van der Waals surface area contributed by atoms with Gasteiger partial charge >= 0.3 is 0 Å². The van der Waals surface area contributed by atoms with Crippen molar-refractivity contribution in [2.45, 2.75) is 18.9 Å². The van der Waals surface area contributed by atoms with E-state index in [0.717, 1.165) is 21.6 Å². The van der Waals surface area contributed by atoms with Crippen molar-refractivity contribution < 1.29 is 0 Å². The second kappa shape index (κ2) is 3.38. The fourth-order valence-electron chi connectivity index (χ4n) is 1.65. The molecule has 1 heterocycles. The Labute approximate surface area is 93.3 Å². The van der Waals surface area contributed by atoms with Crippen LogP contribution >= 0.6 is 11.6 Å². The van der Waals surface area contributed by atoms with Gasteiger partial charge in [-0.15, -0.1) is 0 Å². The summed E-state index contributed by atoms with van der Waals surface area (Å²) in [5.41, 5.74) is 2.00. The summed E-state index contributed by atoms with van der Waals surface area (Å²) in [5.74, 6) is 0. The number of aromatic nitrogens is 1. The first-order valence-electron chi connectivity index (χ1n) is 5.14. The third-order valence-corrected chi connectivity index (χ3v) is 2.94. The Balaban J connectivity index is 2.08. The molecule has 3 rings (SSSR count). The highest BCUT2D eigenvalue weighted by molar-refractivity contribution is 6.34. The molecule has 2 nitrogen and oxygen atoms in total. The van der Waals surface area contributed by atoms with Gasteiger partial charge in [0.2, 0.25) is 0 Å². The molecule has 0 aliphatic heterocycles. The molecule has 1 saturated carbocycles. The number of anilines is 1. The van der Waals surface area contributed by atoms with E-state index in [9.17, 15) is 0 Å². The summed E-state index contributed by atoms with van der Waals surface area (Å²) >= 11 is 6.18. The second-order valence-corrected chi connectivity index (χ2v) is 4.35. The number of benzene rings is 1. The quantitative estimate of drug-likeness (QED) is 0.835. The highest BCUT2D eigenvalue weighted by Crippen LogP contribution is 2.31. The minimum atomic E-state index is 0.615. The molecule has 0 amide bonds. The smallest absolute Gasteiger partial charge is 0.0723 e. The SMILES string of the molecule is Clc1cc2cccnc2cc1NC1CC1. The molecule has 1 N–H and O–H groups in total. The van der Waals surface area contributed by atoms with E-state index in [-0.39, 0.29) is 0 Å². The topological polar surface area (TPSA) is 24.9 Å². The van der Waals surface area contributed by atoms with Gasteiger partial charge in [0.15, 0.2) is 0 Å². The highest BCUT2D eigenvalue weighted by atomic mass is 35.5. The number of nitrogens with one attached hydrogen (secondary N) is 1. The van der Waals surface area contributed by atoms with Crippen LogP contribution < -0.4 is 5.32 Å². The van der Waals surface area contributed by atoms with Crippen LogP contribution in [0.3, 0.4) is 0 Å². The van der Waals surface area contributed by atoms with Gasteiger partial charge in [-0.1, -0.05) is 17.7 Å². The van der Waals surface area contributed by atoms with Crippen molar-refractivity contribution in [3.8, 4) is 0 Å². The van der Waals surface area contributed by atoms with Gasteiger partial charge in [0.05, 0.1) is 16.2 Å². The molecule has 76 valence electrons. The van der Waals surface area contributed by atoms with Crippen molar-refractivity contribution >= 4 is 28.2 Å². The van der Waals surface area contributed by atoms with Crippen molar-refractivity contribution in [1.29, 1.82) is 0 Å². The normalized spacial score (nSPS) is 15.5. The summed E-state index contributed by atoms with van der Waals surface area (Å²) in [7, 11) is 0. The van der Waals surface area contributed by atoms with Crippen molar-refractivity contribution in [2.24, 2.45) is 0 Å². The van der Waals surface area contributed by atoms with Crippen LogP contribution in [0.2, 0.25) is 5.02 Å². The number of fused-ring (bicyclic) bond motifs is 1. The molecule has 3 heteroatoms. The molecule has 0 spiro atoms. The molecule has 2 aromatic rings. The predicted octanol–water partition coefficient (Wildman–Crippen LogP) is 3.46. The number of halogens is 1. The van der Waals surface area contributed by atoms with E-state index in [1.807, 2.05) is 24.3 Å². The van der Waals surface area contributed by atoms with Gasteiger partial charge < -0.3 is 5.32 Å². The maximum absolute atomic E-state index is 6.18. The Hall–Kier alpha value is -1.28.